The predicted molar refractivity (Wildman–Crippen MR) is 84.7 cm³/mol. The lowest BCUT2D eigenvalue weighted by Gasteiger charge is -2.01. The Hall–Kier alpha value is -1.95. The third-order valence-corrected chi connectivity index (χ3v) is 4.25. The number of nitrogens with one attached hydrogen (secondary N) is 1. The molecule has 0 bridgehead atoms. The molecule has 1 saturated carbocycles. The molecule has 1 fully saturated rings. The van der Waals surface area contributed by atoms with Gasteiger partial charge in [-0.2, -0.15) is 5.10 Å². The maximum atomic E-state index is 12.1. The number of rotatable bonds is 5. The van der Waals surface area contributed by atoms with Crippen LogP contribution in [0.2, 0.25) is 0 Å². The first-order chi connectivity index (χ1) is 10.2. The quantitative estimate of drug-likeness (QED) is 0.863. The van der Waals surface area contributed by atoms with Gasteiger partial charge in [-0.1, -0.05) is 0 Å². The van der Waals surface area contributed by atoms with Crippen molar-refractivity contribution in [1.82, 2.24) is 15.1 Å². The van der Waals surface area contributed by atoms with E-state index in [9.17, 15) is 4.79 Å². The lowest BCUT2D eigenvalue weighted by atomic mass is 10.3. The van der Waals surface area contributed by atoms with E-state index >= 15 is 0 Å². The molecule has 0 unspecified atom stereocenters. The van der Waals surface area contributed by atoms with Crippen LogP contribution in [-0.2, 0) is 6.54 Å². The van der Waals surface area contributed by atoms with Gasteiger partial charge in [0.15, 0.2) is 0 Å². The van der Waals surface area contributed by atoms with Gasteiger partial charge in [-0.25, -0.2) is 4.99 Å². The molecule has 1 N–H and O–H groups in total. The largest absolute Gasteiger partial charge is 0.349 e. The Morgan fingerprint density at radius 3 is 3.10 bits per heavy atom. The standard InChI is InChI=1S/C15H18N4OS/c1-3-19-9-11(10(2)18-19)8-16-15-13(6-7-21-15)14(20)17-12-4-5-12/h6-9,12H,3-5H2,1-2H3,(H,17,20). The van der Waals surface area contributed by atoms with Gasteiger partial charge in [0.2, 0.25) is 0 Å². The topological polar surface area (TPSA) is 59.3 Å². The molecule has 3 rings (SSSR count). The average Bonchev–Trinajstić information content (AvgIpc) is 3.02. The maximum Gasteiger partial charge on any atom is 0.254 e. The number of hydrogen-bond donors (Lipinski definition) is 1. The van der Waals surface area contributed by atoms with E-state index in [0.717, 1.165) is 35.6 Å². The van der Waals surface area contributed by atoms with Crippen LogP contribution in [0.4, 0.5) is 5.00 Å². The summed E-state index contributed by atoms with van der Waals surface area (Å²) in [5.74, 6) is -0.0214. The molecule has 0 saturated heterocycles. The number of aryl methyl sites for hydroxylation is 2. The molecule has 0 aliphatic heterocycles. The van der Waals surface area contributed by atoms with Gasteiger partial charge >= 0.3 is 0 Å². The minimum absolute atomic E-state index is 0.0214. The molecule has 2 aromatic heterocycles. The van der Waals surface area contributed by atoms with E-state index < -0.39 is 0 Å². The molecule has 21 heavy (non-hydrogen) atoms. The van der Waals surface area contributed by atoms with E-state index in [0.29, 0.717) is 11.6 Å². The monoisotopic (exact) mass is 302 g/mol. The number of aromatic nitrogens is 2. The van der Waals surface area contributed by atoms with Crippen LogP contribution in [0, 0.1) is 6.92 Å². The Morgan fingerprint density at radius 2 is 2.43 bits per heavy atom. The van der Waals surface area contributed by atoms with Gasteiger partial charge in [-0.05, 0) is 38.1 Å². The van der Waals surface area contributed by atoms with E-state index in [1.54, 1.807) is 6.21 Å². The van der Waals surface area contributed by atoms with E-state index in [2.05, 4.69) is 15.4 Å². The summed E-state index contributed by atoms with van der Waals surface area (Å²) in [7, 11) is 0. The highest BCUT2D eigenvalue weighted by Crippen LogP contribution is 2.28. The van der Waals surface area contributed by atoms with Gasteiger partial charge in [0.1, 0.15) is 5.00 Å². The van der Waals surface area contributed by atoms with Crippen LogP contribution < -0.4 is 5.32 Å². The summed E-state index contributed by atoms with van der Waals surface area (Å²) in [5, 5.41) is 10.0. The van der Waals surface area contributed by atoms with Crippen molar-refractivity contribution in [2.75, 3.05) is 0 Å². The second kappa shape index (κ2) is 5.81. The minimum Gasteiger partial charge on any atom is -0.349 e. The van der Waals surface area contributed by atoms with Crippen LogP contribution in [-0.4, -0.2) is 27.9 Å². The van der Waals surface area contributed by atoms with Gasteiger partial charge in [0.05, 0.1) is 11.3 Å². The number of carbonyl (C=O) groups excluding carboxylic acids is 1. The fourth-order valence-electron chi connectivity index (χ4n) is 2.02. The molecule has 6 heteroatoms. The second-order valence-corrected chi connectivity index (χ2v) is 6.07. The van der Waals surface area contributed by atoms with E-state index in [1.807, 2.05) is 36.2 Å². The molecule has 1 aliphatic carbocycles. The number of nitrogens with zero attached hydrogens (tertiary/aromatic N) is 3. The van der Waals surface area contributed by atoms with Crippen LogP contribution in [0.5, 0.6) is 0 Å². The van der Waals surface area contributed by atoms with Gasteiger partial charge in [-0.3, -0.25) is 9.48 Å². The zero-order valence-corrected chi connectivity index (χ0v) is 13.0. The number of amides is 1. The number of hydrogen-bond acceptors (Lipinski definition) is 4. The summed E-state index contributed by atoms with van der Waals surface area (Å²) < 4.78 is 1.88. The summed E-state index contributed by atoms with van der Waals surface area (Å²) in [4.78, 5) is 16.6. The van der Waals surface area contributed by atoms with Gasteiger partial charge in [0, 0.05) is 30.6 Å². The fourth-order valence-corrected chi connectivity index (χ4v) is 2.75. The Labute approximate surface area is 127 Å². The molecule has 2 heterocycles. The van der Waals surface area contributed by atoms with Crippen molar-refractivity contribution < 1.29 is 4.79 Å². The summed E-state index contributed by atoms with van der Waals surface area (Å²) in [6.07, 6.45) is 5.93. The van der Waals surface area contributed by atoms with Crippen molar-refractivity contribution in [1.29, 1.82) is 0 Å². The first-order valence-corrected chi connectivity index (χ1v) is 8.02. The third kappa shape index (κ3) is 3.21. The molecule has 0 radical (unpaired) electrons. The number of thiophene rings is 1. The minimum atomic E-state index is -0.0214. The summed E-state index contributed by atoms with van der Waals surface area (Å²) in [6, 6.07) is 2.19. The van der Waals surface area contributed by atoms with Crippen molar-refractivity contribution in [2.24, 2.45) is 4.99 Å². The summed E-state index contributed by atoms with van der Waals surface area (Å²) in [6.45, 7) is 4.85. The van der Waals surface area contributed by atoms with Crippen LogP contribution in [0.1, 0.15) is 41.4 Å². The summed E-state index contributed by atoms with van der Waals surface area (Å²) >= 11 is 1.48. The Morgan fingerprint density at radius 1 is 1.62 bits per heavy atom. The highest BCUT2D eigenvalue weighted by molar-refractivity contribution is 7.14. The number of aliphatic imine (C=N–C) groups is 1. The normalized spacial score (nSPS) is 14.8. The lowest BCUT2D eigenvalue weighted by Crippen LogP contribution is -2.24. The van der Waals surface area contributed by atoms with Crippen molar-refractivity contribution in [3.63, 3.8) is 0 Å². The molecule has 110 valence electrons. The lowest BCUT2D eigenvalue weighted by molar-refractivity contribution is 0.0952. The van der Waals surface area contributed by atoms with E-state index in [4.69, 9.17) is 0 Å². The van der Waals surface area contributed by atoms with E-state index in [-0.39, 0.29) is 5.91 Å². The molecule has 0 aromatic carbocycles. The highest BCUT2D eigenvalue weighted by atomic mass is 32.1. The molecule has 1 aliphatic rings. The van der Waals surface area contributed by atoms with E-state index in [1.165, 1.54) is 11.3 Å². The van der Waals surface area contributed by atoms with Crippen LogP contribution in [0.3, 0.4) is 0 Å². The third-order valence-electron chi connectivity index (χ3n) is 3.43. The molecule has 0 atom stereocenters. The van der Waals surface area contributed by atoms with Crippen molar-refractivity contribution in [2.45, 2.75) is 39.3 Å². The summed E-state index contributed by atoms with van der Waals surface area (Å²) in [5.41, 5.74) is 2.59. The predicted octanol–water partition coefficient (Wildman–Crippen LogP) is 2.92. The smallest absolute Gasteiger partial charge is 0.254 e. The Balaban J connectivity index is 1.77. The van der Waals surface area contributed by atoms with Gasteiger partial charge in [-0.15, -0.1) is 11.3 Å². The zero-order chi connectivity index (χ0) is 14.8. The molecule has 2 aromatic rings. The van der Waals surface area contributed by atoms with Crippen molar-refractivity contribution in [3.8, 4) is 0 Å². The zero-order valence-electron chi connectivity index (χ0n) is 12.2. The molecular formula is C15H18N4OS. The van der Waals surface area contributed by atoms with Crippen LogP contribution in [0.15, 0.2) is 22.6 Å². The second-order valence-electron chi connectivity index (χ2n) is 5.17. The number of carbonyl (C=O) groups is 1. The fraction of sp³-hybridized carbons (Fsp3) is 0.400. The first-order valence-electron chi connectivity index (χ1n) is 7.14. The van der Waals surface area contributed by atoms with Crippen LogP contribution in [0.25, 0.3) is 0 Å². The molecule has 1 amide bonds. The van der Waals surface area contributed by atoms with Crippen LogP contribution >= 0.6 is 11.3 Å². The molecular weight excluding hydrogens is 284 g/mol. The SMILES string of the molecule is CCn1cc(C=Nc2sccc2C(=O)NC2CC2)c(C)n1. The molecule has 0 spiro atoms. The first kappa shape index (κ1) is 14.0. The Kier molecular flexibility index (Phi) is 3.88. The van der Waals surface area contributed by atoms with Gasteiger partial charge in [0.25, 0.3) is 5.91 Å². The molecule has 5 nitrogen and oxygen atoms in total. The van der Waals surface area contributed by atoms with Crippen molar-refractivity contribution >= 4 is 28.5 Å². The maximum absolute atomic E-state index is 12.1. The highest BCUT2D eigenvalue weighted by Gasteiger charge is 2.25. The van der Waals surface area contributed by atoms with Crippen molar-refractivity contribution in [3.05, 3.63) is 34.5 Å². The Bertz CT molecular complexity index is 682. The van der Waals surface area contributed by atoms with Gasteiger partial charge < -0.3 is 5.32 Å². The average molecular weight is 302 g/mol.